The van der Waals surface area contributed by atoms with Gasteiger partial charge in [-0.15, -0.1) is 0 Å². The van der Waals surface area contributed by atoms with Crippen LogP contribution in [0, 0.1) is 0 Å². The topological polar surface area (TPSA) is 49.4 Å². The smallest absolute Gasteiger partial charge is 0.350 e. The summed E-state index contributed by atoms with van der Waals surface area (Å²) in [6.45, 7) is 0.768. The van der Waals surface area contributed by atoms with E-state index in [0.29, 0.717) is 0 Å². The first-order valence-electron chi connectivity index (χ1n) is 7.64. The normalized spacial score (nSPS) is 11.1. The fourth-order valence-corrected chi connectivity index (χ4v) is 2.50. The van der Waals surface area contributed by atoms with Gasteiger partial charge >= 0.3 is 6.18 Å². The Morgan fingerprint density at radius 1 is 1.12 bits per heavy atom. The Morgan fingerprint density at radius 3 is 2.35 bits per heavy atom. The Morgan fingerprint density at radius 2 is 1.77 bits per heavy atom. The second kappa shape index (κ2) is 8.23. The molecule has 0 aromatic heterocycles. The lowest BCUT2D eigenvalue weighted by molar-refractivity contribution is -0.137. The number of hydrogen-bond donors (Lipinski definition) is 1. The number of amides is 2. The molecule has 4 nitrogen and oxygen atoms in total. The van der Waals surface area contributed by atoms with Crippen molar-refractivity contribution < 1.29 is 22.8 Å². The number of benzene rings is 2. The molecule has 2 amide bonds. The van der Waals surface area contributed by atoms with Crippen LogP contribution in [-0.4, -0.2) is 18.4 Å². The minimum Gasteiger partial charge on any atom is -0.350 e. The highest BCUT2D eigenvalue weighted by Crippen LogP contribution is 2.38. The lowest BCUT2D eigenvalue weighted by atomic mass is 10.1. The number of nitrogens with one attached hydrogen (secondary N) is 1. The van der Waals surface area contributed by atoms with Gasteiger partial charge in [-0.3, -0.25) is 9.59 Å². The van der Waals surface area contributed by atoms with E-state index in [1.807, 2.05) is 6.07 Å². The molecule has 2 aromatic rings. The van der Waals surface area contributed by atoms with Crippen molar-refractivity contribution >= 4 is 29.1 Å². The molecule has 26 heavy (non-hydrogen) atoms. The van der Waals surface area contributed by atoms with Gasteiger partial charge in [0.1, 0.15) is 6.54 Å². The van der Waals surface area contributed by atoms with E-state index in [2.05, 4.69) is 5.32 Å². The highest BCUT2D eigenvalue weighted by Gasteiger charge is 2.36. The van der Waals surface area contributed by atoms with E-state index < -0.39 is 35.8 Å². The summed E-state index contributed by atoms with van der Waals surface area (Å²) in [6.07, 6.45) is -4.71. The van der Waals surface area contributed by atoms with E-state index in [0.717, 1.165) is 29.5 Å². The van der Waals surface area contributed by atoms with E-state index in [-0.39, 0.29) is 11.6 Å². The number of anilines is 1. The van der Waals surface area contributed by atoms with E-state index in [1.54, 1.807) is 24.3 Å². The summed E-state index contributed by atoms with van der Waals surface area (Å²) in [5.74, 6) is -1.26. The van der Waals surface area contributed by atoms with E-state index in [9.17, 15) is 22.8 Å². The number of nitrogens with zero attached hydrogens (tertiary/aromatic N) is 1. The second-order valence-electron chi connectivity index (χ2n) is 5.53. The maximum absolute atomic E-state index is 13.3. The van der Waals surface area contributed by atoms with Crippen molar-refractivity contribution in [2.45, 2.75) is 19.6 Å². The van der Waals surface area contributed by atoms with Crippen molar-refractivity contribution in [1.29, 1.82) is 0 Å². The van der Waals surface area contributed by atoms with Gasteiger partial charge in [0.15, 0.2) is 0 Å². The fraction of sp³-hybridized carbons (Fsp3) is 0.222. The summed E-state index contributed by atoms with van der Waals surface area (Å²) >= 11 is 5.65. The maximum atomic E-state index is 13.3. The average molecular weight is 385 g/mol. The Bertz CT molecular complexity index is 795. The molecule has 0 spiro atoms. The molecule has 0 aliphatic carbocycles. The van der Waals surface area contributed by atoms with Crippen molar-refractivity contribution in [3.05, 3.63) is 64.7 Å². The quantitative estimate of drug-likeness (QED) is 0.846. The number of alkyl halides is 3. The van der Waals surface area contributed by atoms with Crippen molar-refractivity contribution in [1.82, 2.24) is 5.32 Å². The minimum absolute atomic E-state index is 0.113. The van der Waals surface area contributed by atoms with Gasteiger partial charge in [-0.2, -0.15) is 13.2 Å². The molecule has 1 N–H and O–H groups in total. The predicted octanol–water partition coefficient (Wildman–Crippen LogP) is 4.03. The number of rotatable bonds is 5. The van der Waals surface area contributed by atoms with Crippen LogP contribution in [0.3, 0.4) is 0 Å². The van der Waals surface area contributed by atoms with Gasteiger partial charge in [0, 0.05) is 18.5 Å². The number of hydrogen-bond acceptors (Lipinski definition) is 2. The van der Waals surface area contributed by atoms with Crippen LogP contribution in [0.25, 0.3) is 0 Å². The number of carbonyl (C=O) groups is 2. The third kappa shape index (κ3) is 5.23. The van der Waals surface area contributed by atoms with Crippen molar-refractivity contribution in [3.63, 3.8) is 0 Å². The Labute approximate surface area is 153 Å². The number of carbonyl (C=O) groups excluding carboxylic acids is 2. The van der Waals surface area contributed by atoms with Gasteiger partial charge in [-0.25, -0.2) is 0 Å². The highest BCUT2D eigenvalue weighted by atomic mass is 35.5. The van der Waals surface area contributed by atoms with Crippen LogP contribution in [0.1, 0.15) is 18.1 Å². The molecule has 0 heterocycles. The Hall–Kier alpha value is -2.54. The van der Waals surface area contributed by atoms with Gasteiger partial charge in [0.05, 0.1) is 11.3 Å². The molecule has 0 fully saturated rings. The van der Waals surface area contributed by atoms with Crippen LogP contribution in [-0.2, 0) is 22.3 Å². The van der Waals surface area contributed by atoms with E-state index >= 15 is 0 Å². The van der Waals surface area contributed by atoms with Crippen LogP contribution < -0.4 is 10.2 Å². The molecular formula is C18H16ClF3N2O2. The summed E-state index contributed by atoms with van der Waals surface area (Å²) in [7, 11) is 0. The van der Waals surface area contributed by atoms with Gasteiger partial charge in [-0.1, -0.05) is 41.9 Å². The summed E-state index contributed by atoms with van der Waals surface area (Å²) < 4.78 is 39.8. The van der Waals surface area contributed by atoms with Crippen LogP contribution in [0.15, 0.2) is 48.5 Å². The molecule has 8 heteroatoms. The summed E-state index contributed by atoms with van der Waals surface area (Å²) in [6, 6.07) is 12.1. The van der Waals surface area contributed by atoms with E-state index in [4.69, 9.17) is 11.6 Å². The molecular weight excluding hydrogens is 369 g/mol. The van der Waals surface area contributed by atoms with Crippen molar-refractivity contribution in [3.8, 4) is 0 Å². The fourth-order valence-electron chi connectivity index (χ4n) is 2.33. The van der Waals surface area contributed by atoms with Crippen LogP contribution in [0.4, 0.5) is 18.9 Å². The number of halogens is 4. The SMILES string of the molecule is CC(=O)N(CC(=O)NCc1ccccc1)c1ccc(Cl)cc1C(F)(F)F. The van der Waals surface area contributed by atoms with Gasteiger partial charge in [-0.05, 0) is 23.8 Å². The van der Waals surface area contributed by atoms with E-state index in [1.165, 1.54) is 6.07 Å². The lowest BCUT2D eigenvalue weighted by Crippen LogP contribution is -2.40. The maximum Gasteiger partial charge on any atom is 0.418 e. The summed E-state index contributed by atoms with van der Waals surface area (Å²) in [5.41, 5.74) is -0.655. The molecule has 0 saturated carbocycles. The first-order chi connectivity index (χ1) is 12.2. The molecule has 0 aliphatic heterocycles. The molecule has 0 atom stereocenters. The molecule has 138 valence electrons. The zero-order valence-corrected chi connectivity index (χ0v) is 14.6. The third-order valence-corrected chi connectivity index (χ3v) is 3.80. The molecule has 0 unspecified atom stereocenters. The zero-order valence-electron chi connectivity index (χ0n) is 13.8. The van der Waals surface area contributed by atoms with Crippen LogP contribution in [0.2, 0.25) is 5.02 Å². The van der Waals surface area contributed by atoms with Gasteiger partial charge < -0.3 is 10.2 Å². The van der Waals surface area contributed by atoms with Gasteiger partial charge in [0.2, 0.25) is 11.8 Å². The summed E-state index contributed by atoms with van der Waals surface area (Å²) in [4.78, 5) is 24.8. The second-order valence-corrected chi connectivity index (χ2v) is 5.96. The predicted molar refractivity (Wildman–Crippen MR) is 92.8 cm³/mol. The van der Waals surface area contributed by atoms with Crippen molar-refractivity contribution in [2.24, 2.45) is 0 Å². The highest BCUT2D eigenvalue weighted by molar-refractivity contribution is 6.30. The molecule has 2 aromatic carbocycles. The largest absolute Gasteiger partial charge is 0.418 e. The molecule has 0 radical (unpaired) electrons. The molecule has 0 saturated heterocycles. The van der Waals surface area contributed by atoms with Crippen LogP contribution in [0.5, 0.6) is 0 Å². The minimum atomic E-state index is -4.71. The first-order valence-corrected chi connectivity index (χ1v) is 8.01. The third-order valence-electron chi connectivity index (χ3n) is 3.57. The molecule has 0 aliphatic rings. The standard InChI is InChI=1S/C18H16ClF3N2O2/c1-12(25)24(11-17(26)23-10-13-5-3-2-4-6-13)16-8-7-14(19)9-15(16)18(20,21)22/h2-9H,10-11H2,1H3,(H,23,26). The summed E-state index contributed by atoms with van der Waals surface area (Å²) in [5, 5.41) is 2.47. The Balaban J connectivity index is 2.19. The lowest BCUT2D eigenvalue weighted by Gasteiger charge is -2.24. The molecule has 2 rings (SSSR count). The monoisotopic (exact) mass is 384 g/mol. The first kappa shape index (κ1) is 19.8. The Kier molecular flexibility index (Phi) is 6.26. The van der Waals surface area contributed by atoms with Crippen LogP contribution >= 0.6 is 11.6 Å². The van der Waals surface area contributed by atoms with Gasteiger partial charge in [0.25, 0.3) is 0 Å². The average Bonchev–Trinajstić information content (AvgIpc) is 2.58. The molecule has 0 bridgehead atoms. The van der Waals surface area contributed by atoms with Crippen molar-refractivity contribution in [2.75, 3.05) is 11.4 Å². The zero-order chi connectivity index (χ0) is 19.3.